The van der Waals surface area contributed by atoms with Crippen molar-refractivity contribution in [3.8, 4) is 0 Å². The largest absolute Gasteiger partial charge is 0.439 e. The lowest BCUT2D eigenvalue weighted by atomic mass is 9.75. The van der Waals surface area contributed by atoms with Gasteiger partial charge in [0.25, 0.3) is 10.0 Å². The second kappa shape index (κ2) is 11.3. The van der Waals surface area contributed by atoms with E-state index in [1.165, 1.54) is 0 Å². The predicted molar refractivity (Wildman–Crippen MR) is 180 cm³/mol. The van der Waals surface area contributed by atoms with Crippen LogP contribution in [0.15, 0.2) is 160 Å². The van der Waals surface area contributed by atoms with E-state index in [0.717, 1.165) is 39.2 Å². The number of hydrogen-bond donors (Lipinski definition) is 0. The maximum Gasteiger partial charge on any atom is 0.285 e. The third kappa shape index (κ3) is 5.15. The Labute approximate surface area is 263 Å². The number of rotatable bonds is 6. The van der Waals surface area contributed by atoms with E-state index in [4.69, 9.17) is 9.84 Å². The monoisotopic (exact) mass is 609 g/mol. The van der Waals surface area contributed by atoms with Gasteiger partial charge >= 0.3 is 0 Å². The lowest BCUT2D eigenvalue weighted by molar-refractivity contribution is 0.474. The number of aryl methyl sites for hydroxylation is 2. The Morgan fingerprint density at radius 2 is 1.24 bits per heavy atom. The summed E-state index contributed by atoms with van der Waals surface area (Å²) in [6.07, 6.45) is 1.99. The summed E-state index contributed by atoms with van der Waals surface area (Å²) in [6, 6.07) is 44.4. The molecule has 2 atom stereocenters. The number of ether oxygens (including phenoxy) is 1. The zero-order valence-corrected chi connectivity index (χ0v) is 25.7. The van der Waals surface area contributed by atoms with E-state index in [1.807, 2.05) is 116 Å². The third-order valence-electron chi connectivity index (χ3n) is 8.23. The van der Waals surface area contributed by atoms with Crippen LogP contribution in [0.25, 0.3) is 5.76 Å². The summed E-state index contributed by atoms with van der Waals surface area (Å²) >= 11 is 0. The molecule has 0 bridgehead atoms. The molecule has 2 heterocycles. The molecule has 2 unspecified atom stereocenters. The number of nitrogens with zero attached hydrogens (tertiary/aromatic N) is 3. The van der Waals surface area contributed by atoms with Gasteiger partial charge in [0.2, 0.25) is 5.90 Å². The third-order valence-corrected chi connectivity index (χ3v) is 9.51. The van der Waals surface area contributed by atoms with Crippen molar-refractivity contribution in [3.05, 3.63) is 173 Å². The minimum atomic E-state index is -4.18. The van der Waals surface area contributed by atoms with E-state index in [0.29, 0.717) is 5.76 Å². The van der Waals surface area contributed by atoms with E-state index in [9.17, 15) is 8.42 Å². The molecule has 222 valence electrons. The number of sulfonamides is 1. The van der Waals surface area contributed by atoms with Gasteiger partial charge in [0, 0.05) is 5.56 Å². The Morgan fingerprint density at radius 3 is 1.87 bits per heavy atom. The van der Waals surface area contributed by atoms with Crippen molar-refractivity contribution >= 4 is 33.1 Å². The molecule has 0 amide bonds. The highest BCUT2D eigenvalue weighted by atomic mass is 32.2. The van der Waals surface area contributed by atoms with Gasteiger partial charge in [-0.15, -0.1) is 4.40 Å². The van der Waals surface area contributed by atoms with Gasteiger partial charge in [0.1, 0.15) is 5.76 Å². The minimum Gasteiger partial charge on any atom is -0.439 e. The highest BCUT2D eigenvalue weighted by Crippen LogP contribution is 2.51. The van der Waals surface area contributed by atoms with Crippen LogP contribution in [0.5, 0.6) is 0 Å². The Hall–Kier alpha value is -5.27. The van der Waals surface area contributed by atoms with Crippen molar-refractivity contribution in [2.45, 2.75) is 30.2 Å². The first-order chi connectivity index (χ1) is 21.8. The molecule has 5 aromatic rings. The summed E-state index contributed by atoms with van der Waals surface area (Å²) in [5.74, 6) is 0.0657. The van der Waals surface area contributed by atoms with Crippen LogP contribution in [-0.4, -0.2) is 25.6 Å². The fourth-order valence-corrected chi connectivity index (χ4v) is 6.96. The van der Waals surface area contributed by atoms with Gasteiger partial charge in [0.15, 0.2) is 5.54 Å². The van der Waals surface area contributed by atoms with Gasteiger partial charge < -0.3 is 4.74 Å². The Balaban J connectivity index is 1.54. The quantitative estimate of drug-likeness (QED) is 0.196. The fourth-order valence-electron chi connectivity index (χ4n) is 5.97. The standard InChI is InChI=1S/C38H31N3O3S/c1-27-18-22-31(23-19-27)36-35(30-14-8-4-9-15-30)38(41(39-36)32-16-10-5-11-17-32)26-34(29-12-6-3-7-13-29)44-37(38)40-45(42,43)33-24-20-28(2)21-25-33/h3-26,35H,1-2H3. The first kappa shape index (κ1) is 28.5. The minimum absolute atomic E-state index is 0.0329. The van der Waals surface area contributed by atoms with E-state index < -0.39 is 21.5 Å². The van der Waals surface area contributed by atoms with E-state index in [-0.39, 0.29) is 10.8 Å². The molecule has 5 aromatic carbocycles. The Morgan fingerprint density at radius 1 is 0.689 bits per heavy atom. The molecular formula is C38H31N3O3S. The average molecular weight is 610 g/mol. The molecule has 0 radical (unpaired) electrons. The SMILES string of the molecule is Cc1ccc(C2=NN(c3ccccc3)C3(C=C(c4ccccc4)OC3=NS(=O)(=O)c3ccc(C)cc3)C2c2ccccc2)cc1. The van der Waals surface area contributed by atoms with Crippen molar-refractivity contribution in [1.82, 2.24) is 0 Å². The number of hydrazone groups is 1. The number of anilines is 1. The van der Waals surface area contributed by atoms with Gasteiger partial charge in [0.05, 0.1) is 22.2 Å². The molecule has 45 heavy (non-hydrogen) atoms. The van der Waals surface area contributed by atoms with E-state index in [2.05, 4.69) is 28.7 Å². The lowest BCUT2D eigenvalue weighted by Gasteiger charge is -2.36. The first-order valence-electron chi connectivity index (χ1n) is 14.8. The molecule has 0 aromatic heterocycles. The molecule has 2 aliphatic heterocycles. The van der Waals surface area contributed by atoms with Crippen molar-refractivity contribution in [2.24, 2.45) is 9.50 Å². The highest BCUT2D eigenvalue weighted by molar-refractivity contribution is 7.90. The van der Waals surface area contributed by atoms with Crippen molar-refractivity contribution < 1.29 is 13.2 Å². The normalized spacial score (nSPS) is 20.3. The summed E-state index contributed by atoms with van der Waals surface area (Å²) in [4.78, 5) is 0.0905. The zero-order chi connectivity index (χ0) is 31.0. The van der Waals surface area contributed by atoms with Crippen LogP contribution in [-0.2, 0) is 14.8 Å². The molecule has 7 heteroatoms. The molecule has 2 aliphatic rings. The summed E-state index contributed by atoms with van der Waals surface area (Å²) < 4.78 is 39.1. The first-order valence-corrected chi connectivity index (χ1v) is 16.2. The molecule has 1 spiro atoms. The summed E-state index contributed by atoms with van der Waals surface area (Å²) in [5.41, 5.74) is 5.05. The van der Waals surface area contributed by atoms with Crippen LogP contribution in [0.1, 0.15) is 33.7 Å². The van der Waals surface area contributed by atoms with Gasteiger partial charge in [-0.05, 0) is 55.3 Å². The predicted octanol–water partition coefficient (Wildman–Crippen LogP) is 7.91. The van der Waals surface area contributed by atoms with Crippen molar-refractivity contribution in [2.75, 3.05) is 5.01 Å². The summed E-state index contributed by atoms with van der Waals surface area (Å²) in [6.45, 7) is 3.96. The van der Waals surface area contributed by atoms with Crippen LogP contribution in [0.4, 0.5) is 5.69 Å². The van der Waals surface area contributed by atoms with Crippen LogP contribution in [0.2, 0.25) is 0 Å². The number of para-hydroxylation sites is 1. The highest BCUT2D eigenvalue weighted by Gasteiger charge is 2.60. The number of hydrogen-bond acceptors (Lipinski definition) is 5. The summed E-state index contributed by atoms with van der Waals surface area (Å²) in [5, 5.41) is 7.17. The van der Waals surface area contributed by atoms with Crippen molar-refractivity contribution in [3.63, 3.8) is 0 Å². The second-order valence-electron chi connectivity index (χ2n) is 11.3. The molecule has 0 aliphatic carbocycles. The Bertz CT molecular complexity index is 2040. The smallest absolute Gasteiger partial charge is 0.285 e. The topological polar surface area (TPSA) is 71.3 Å². The second-order valence-corrected chi connectivity index (χ2v) is 12.9. The molecular weight excluding hydrogens is 579 g/mol. The Kier molecular flexibility index (Phi) is 7.18. The van der Waals surface area contributed by atoms with Gasteiger partial charge in [-0.2, -0.15) is 13.5 Å². The lowest BCUT2D eigenvalue weighted by Crippen LogP contribution is -2.51. The molecule has 0 fully saturated rings. The average Bonchev–Trinajstić information content (AvgIpc) is 3.61. The van der Waals surface area contributed by atoms with Gasteiger partial charge in [-0.25, -0.2) is 5.01 Å². The maximum absolute atomic E-state index is 14.0. The molecule has 0 saturated carbocycles. The zero-order valence-electron chi connectivity index (χ0n) is 24.9. The van der Waals surface area contributed by atoms with Crippen LogP contribution in [0.3, 0.4) is 0 Å². The van der Waals surface area contributed by atoms with E-state index >= 15 is 0 Å². The van der Waals surface area contributed by atoms with Crippen LogP contribution in [0, 0.1) is 13.8 Å². The fraction of sp³-hybridized carbons (Fsp3) is 0.105. The number of benzene rings is 5. The van der Waals surface area contributed by atoms with Gasteiger partial charge in [-0.3, -0.25) is 0 Å². The van der Waals surface area contributed by atoms with Crippen molar-refractivity contribution in [1.29, 1.82) is 0 Å². The van der Waals surface area contributed by atoms with E-state index in [1.54, 1.807) is 24.3 Å². The van der Waals surface area contributed by atoms with Crippen LogP contribution >= 0.6 is 0 Å². The molecule has 0 saturated heterocycles. The van der Waals surface area contributed by atoms with Gasteiger partial charge in [-0.1, -0.05) is 126 Å². The molecule has 0 N–H and O–H groups in total. The summed E-state index contributed by atoms with van der Waals surface area (Å²) in [7, 11) is -4.18. The molecule has 6 nitrogen and oxygen atoms in total. The van der Waals surface area contributed by atoms with Crippen LogP contribution < -0.4 is 5.01 Å². The molecule has 7 rings (SSSR count). The maximum atomic E-state index is 14.0.